The lowest BCUT2D eigenvalue weighted by Gasteiger charge is -2.12. The Morgan fingerprint density at radius 3 is 2.55 bits per heavy atom. The van der Waals surface area contributed by atoms with Gasteiger partial charge in [-0.25, -0.2) is 15.0 Å². The summed E-state index contributed by atoms with van der Waals surface area (Å²) in [4.78, 5) is 17.1. The van der Waals surface area contributed by atoms with Gasteiger partial charge in [0.2, 0.25) is 11.8 Å². The molecule has 3 rings (SSSR count). The highest BCUT2D eigenvalue weighted by atomic mass is 16.5. The minimum Gasteiger partial charge on any atom is -0.481 e. The standard InChI is InChI=1S/C16H15N5O/c1-10-14(11-4-3-7-18-8-11)15(21-16(17)20-10)12-5-6-13(22-2)19-9-12/h3-9H,1-2H3,(H2,17,20,21). The van der Waals surface area contributed by atoms with Crippen LogP contribution >= 0.6 is 0 Å². The average Bonchev–Trinajstić information content (AvgIpc) is 2.55. The molecule has 0 amide bonds. The van der Waals surface area contributed by atoms with E-state index < -0.39 is 0 Å². The molecule has 0 aliphatic carbocycles. The third kappa shape index (κ3) is 2.58. The van der Waals surface area contributed by atoms with Crippen molar-refractivity contribution in [2.45, 2.75) is 6.92 Å². The van der Waals surface area contributed by atoms with Crippen molar-refractivity contribution in [3.63, 3.8) is 0 Å². The SMILES string of the molecule is COc1ccc(-c2nc(N)nc(C)c2-c2cccnc2)cn1. The summed E-state index contributed by atoms with van der Waals surface area (Å²) in [6.07, 6.45) is 5.22. The van der Waals surface area contributed by atoms with E-state index in [0.29, 0.717) is 5.88 Å². The molecule has 0 saturated heterocycles. The molecule has 0 bridgehead atoms. The summed E-state index contributed by atoms with van der Waals surface area (Å²) in [5.41, 5.74) is 10.0. The van der Waals surface area contributed by atoms with E-state index in [2.05, 4.69) is 19.9 Å². The van der Waals surface area contributed by atoms with Crippen LogP contribution in [0.15, 0.2) is 42.9 Å². The first-order valence-corrected chi connectivity index (χ1v) is 6.74. The lowest BCUT2D eigenvalue weighted by molar-refractivity contribution is 0.398. The van der Waals surface area contributed by atoms with Crippen LogP contribution in [-0.2, 0) is 0 Å². The van der Waals surface area contributed by atoms with Gasteiger partial charge in [0.1, 0.15) is 0 Å². The summed E-state index contributed by atoms with van der Waals surface area (Å²) < 4.78 is 5.09. The predicted molar refractivity (Wildman–Crippen MR) is 84.2 cm³/mol. The van der Waals surface area contributed by atoms with E-state index in [1.165, 1.54) is 0 Å². The highest BCUT2D eigenvalue weighted by Crippen LogP contribution is 2.32. The van der Waals surface area contributed by atoms with E-state index in [0.717, 1.165) is 28.1 Å². The largest absolute Gasteiger partial charge is 0.481 e. The Morgan fingerprint density at radius 1 is 1.05 bits per heavy atom. The topological polar surface area (TPSA) is 86.8 Å². The minimum atomic E-state index is 0.232. The third-order valence-corrected chi connectivity index (χ3v) is 3.28. The second kappa shape index (κ2) is 5.77. The summed E-state index contributed by atoms with van der Waals surface area (Å²) >= 11 is 0. The number of hydrogen-bond acceptors (Lipinski definition) is 6. The molecule has 3 aromatic heterocycles. The summed E-state index contributed by atoms with van der Waals surface area (Å²) in [7, 11) is 1.58. The quantitative estimate of drug-likeness (QED) is 0.798. The lowest BCUT2D eigenvalue weighted by Crippen LogP contribution is -2.02. The van der Waals surface area contributed by atoms with E-state index >= 15 is 0 Å². The van der Waals surface area contributed by atoms with Gasteiger partial charge in [0, 0.05) is 41.3 Å². The second-order valence-electron chi connectivity index (χ2n) is 4.72. The summed E-state index contributed by atoms with van der Waals surface area (Å²) in [5.74, 6) is 0.779. The number of methoxy groups -OCH3 is 1. The number of aryl methyl sites for hydroxylation is 1. The zero-order valence-corrected chi connectivity index (χ0v) is 12.3. The number of nitrogens with zero attached hydrogens (tertiary/aromatic N) is 4. The molecule has 0 fully saturated rings. The molecule has 0 unspecified atom stereocenters. The minimum absolute atomic E-state index is 0.232. The van der Waals surface area contributed by atoms with Gasteiger partial charge in [0.05, 0.1) is 18.5 Å². The molecule has 6 nitrogen and oxygen atoms in total. The number of aromatic nitrogens is 4. The maximum Gasteiger partial charge on any atom is 0.220 e. The fraction of sp³-hybridized carbons (Fsp3) is 0.125. The Labute approximate surface area is 128 Å². The van der Waals surface area contributed by atoms with Crippen molar-refractivity contribution in [1.82, 2.24) is 19.9 Å². The van der Waals surface area contributed by atoms with Crippen LogP contribution in [0.25, 0.3) is 22.4 Å². The zero-order valence-electron chi connectivity index (χ0n) is 12.3. The molecular weight excluding hydrogens is 278 g/mol. The van der Waals surface area contributed by atoms with Gasteiger partial charge in [-0.1, -0.05) is 6.07 Å². The zero-order chi connectivity index (χ0) is 15.5. The summed E-state index contributed by atoms with van der Waals surface area (Å²) in [5, 5.41) is 0. The molecule has 22 heavy (non-hydrogen) atoms. The Morgan fingerprint density at radius 2 is 1.91 bits per heavy atom. The van der Waals surface area contributed by atoms with Crippen LogP contribution in [0.1, 0.15) is 5.69 Å². The third-order valence-electron chi connectivity index (χ3n) is 3.28. The summed E-state index contributed by atoms with van der Waals surface area (Å²) in [6, 6.07) is 7.53. The van der Waals surface area contributed by atoms with Crippen LogP contribution in [0.3, 0.4) is 0 Å². The highest BCUT2D eigenvalue weighted by molar-refractivity contribution is 5.82. The molecule has 0 aromatic carbocycles. The van der Waals surface area contributed by atoms with E-state index in [1.807, 2.05) is 25.1 Å². The Kier molecular flexibility index (Phi) is 3.65. The average molecular weight is 293 g/mol. The molecule has 110 valence electrons. The van der Waals surface area contributed by atoms with Gasteiger partial charge in [0.15, 0.2) is 0 Å². The lowest BCUT2D eigenvalue weighted by atomic mass is 10.0. The maximum atomic E-state index is 5.82. The first kappa shape index (κ1) is 13.9. The van der Waals surface area contributed by atoms with Gasteiger partial charge in [-0.2, -0.15) is 0 Å². The first-order valence-electron chi connectivity index (χ1n) is 6.74. The smallest absolute Gasteiger partial charge is 0.220 e. The molecule has 0 saturated carbocycles. The number of nitrogen functional groups attached to an aromatic ring is 1. The van der Waals surface area contributed by atoms with Gasteiger partial charge < -0.3 is 10.5 Å². The molecule has 0 spiro atoms. The van der Waals surface area contributed by atoms with Crippen molar-refractivity contribution in [3.05, 3.63) is 48.5 Å². The first-order chi connectivity index (χ1) is 10.7. The Bertz CT molecular complexity index is 788. The van der Waals surface area contributed by atoms with E-state index in [4.69, 9.17) is 10.5 Å². The normalized spacial score (nSPS) is 10.5. The maximum absolute atomic E-state index is 5.82. The van der Waals surface area contributed by atoms with Crippen molar-refractivity contribution in [1.29, 1.82) is 0 Å². The number of ether oxygens (including phenoxy) is 1. The fourth-order valence-corrected chi connectivity index (χ4v) is 2.30. The van der Waals surface area contributed by atoms with Gasteiger partial charge in [0.25, 0.3) is 0 Å². The molecule has 3 aromatic rings. The van der Waals surface area contributed by atoms with Crippen LogP contribution in [0.4, 0.5) is 5.95 Å². The van der Waals surface area contributed by atoms with E-state index in [9.17, 15) is 0 Å². The van der Waals surface area contributed by atoms with Crippen LogP contribution in [0.5, 0.6) is 5.88 Å². The van der Waals surface area contributed by atoms with E-state index in [1.54, 1.807) is 31.8 Å². The Balaban J connectivity index is 2.21. The molecule has 0 atom stereocenters. The number of pyridine rings is 2. The number of nitrogens with two attached hydrogens (primary N) is 1. The van der Waals surface area contributed by atoms with Gasteiger partial charge >= 0.3 is 0 Å². The van der Waals surface area contributed by atoms with E-state index in [-0.39, 0.29) is 5.95 Å². The second-order valence-corrected chi connectivity index (χ2v) is 4.72. The molecule has 0 aliphatic heterocycles. The Hall–Kier alpha value is -3.02. The number of hydrogen-bond donors (Lipinski definition) is 1. The van der Waals surface area contributed by atoms with Crippen molar-refractivity contribution < 1.29 is 4.74 Å². The van der Waals surface area contributed by atoms with Crippen LogP contribution in [0, 0.1) is 6.92 Å². The molecule has 3 heterocycles. The number of rotatable bonds is 3. The molecule has 2 N–H and O–H groups in total. The fourth-order valence-electron chi connectivity index (χ4n) is 2.30. The van der Waals surface area contributed by atoms with Crippen molar-refractivity contribution in [2.24, 2.45) is 0 Å². The van der Waals surface area contributed by atoms with Crippen LogP contribution in [-0.4, -0.2) is 27.0 Å². The van der Waals surface area contributed by atoms with Crippen molar-refractivity contribution in [2.75, 3.05) is 12.8 Å². The van der Waals surface area contributed by atoms with Gasteiger partial charge in [-0.05, 0) is 19.1 Å². The molecular formula is C16H15N5O. The molecule has 0 radical (unpaired) electrons. The number of anilines is 1. The van der Waals surface area contributed by atoms with Gasteiger partial charge in [-0.3, -0.25) is 4.98 Å². The predicted octanol–water partition coefficient (Wildman–Crippen LogP) is 2.50. The highest BCUT2D eigenvalue weighted by Gasteiger charge is 2.15. The monoisotopic (exact) mass is 293 g/mol. The molecule has 6 heteroatoms. The van der Waals surface area contributed by atoms with Crippen molar-refractivity contribution in [3.8, 4) is 28.3 Å². The van der Waals surface area contributed by atoms with Crippen LogP contribution < -0.4 is 10.5 Å². The van der Waals surface area contributed by atoms with Gasteiger partial charge in [-0.15, -0.1) is 0 Å². The van der Waals surface area contributed by atoms with Crippen molar-refractivity contribution >= 4 is 5.95 Å². The summed E-state index contributed by atoms with van der Waals surface area (Å²) in [6.45, 7) is 1.90. The van der Waals surface area contributed by atoms with Crippen LogP contribution in [0.2, 0.25) is 0 Å². The molecule has 0 aliphatic rings.